The Kier molecular flexibility index (Phi) is 4.50. The van der Waals surface area contributed by atoms with Gasteiger partial charge in [0.15, 0.2) is 0 Å². The molecule has 2 rings (SSSR count). The molecule has 21 heavy (non-hydrogen) atoms. The highest BCUT2D eigenvalue weighted by Crippen LogP contribution is 2.38. The number of halogens is 3. The van der Waals surface area contributed by atoms with Gasteiger partial charge in [-0.3, -0.25) is 4.79 Å². The Morgan fingerprint density at radius 2 is 1.71 bits per heavy atom. The van der Waals surface area contributed by atoms with Crippen LogP contribution in [0.25, 0.3) is 10.8 Å². The standard InChI is InChI=1S/C16H15F3O2/c17-14-9-8-13(11-5-1-2-6-12(11)14)16(18,19)10-4-3-7-15(20)21/h1-2,5-6,8-9H,3-4,7,10H2,(H,20,21). The third kappa shape index (κ3) is 3.54. The van der Waals surface area contributed by atoms with Crippen LogP contribution in [0.4, 0.5) is 13.2 Å². The molecule has 0 atom stereocenters. The Morgan fingerprint density at radius 1 is 1.05 bits per heavy atom. The van der Waals surface area contributed by atoms with Gasteiger partial charge in [-0.15, -0.1) is 0 Å². The first kappa shape index (κ1) is 15.4. The number of carboxylic acids is 1. The molecule has 5 heteroatoms. The van der Waals surface area contributed by atoms with E-state index in [0.29, 0.717) is 0 Å². The van der Waals surface area contributed by atoms with E-state index in [1.54, 1.807) is 12.1 Å². The van der Waals surface area contributed by atoms with E-state index < -0.39 is 24.1 Å². The molecule has 0 radical (unpaired) electrons. The van der Waals surface area contributed by atoms with Crippen LogP contribution in [0, 0.1) is 5.82 Å². The maximum absolute atomic E-state index is 14.3. The molecule has 0 spiro atoms. The number of unbranched alkanes of at least 4 members (excludes halogenated alkanes) is 1. The number of carboxylic acid groups (broad SMARTS) is 1. The molecule has 0 heterocycles. The zero-order valence-corrected chi connectivity index (χ0v) is 11.3. The van der Waals surface area contributed by atoms with Crippen molar-refractivity contribution in [1.29, 1.82) is 0 Å². The Hall–Kier alpha value is -2.04. The summed E-state index contributed by atoms with van der Waals surface area (Å²) < 4.78 is 42.2. The van der Waals surface area contributed by atoms with Crippen molar-refractivity contribution in [3.63, 3.8) is 0 Å². The molecule has 1 N–H and O–H groups in total. The normalized spacial score (nSPS) is 11.8. The maximum Gasteiger partial charge on any atom is 0.303 e. The average Bonchev–Trinajstić information content (AvgIpc) is 2.44. The van der Waals surface area contributed by atoms with Crippen molar-refractivity contribution in [2.75, 3.05) is 0 Å². The second kappa shape index (κ2) is 6.16. The van der Waals surface area contributed by atoms with Crippen molar-refractivity contribution in [2.24, 2.45) is 0 Å². The molecule has 0 aromatic heterocycles. The van der Waals surface area contributed by atoms with Crippen molar-refractivity contribution in [3.05, 3.63) is 47.8 Å². The molecular formula is C16H15F3O2. The zero-order chi connectivity index (χ0) is 15.5. The van der Waals surface area contributed by atoms with Gasteiger partial charge in [-0.05, 0) is 30.4 Å². The molecule has 112 valence electrons. The molecular weight excluding hydrogens is 281 g/mol. The number of aliphatic carboxylic acids is 1. The first-order chi connectivity index (χ1) is 9.92. The van der Waals surface area contributed by atoms with Crippen molar-refractivity contribution >= 4 is 16.7 Å². The van der Waals surface area contributed by atoms with Crippen LogP contribution in [0.3, 0.4) is 0 Å². The van der Waals surface area contributed by atoms with Crippen LogP contribution in [0.2, 0.25) is 0 Å². The van der Waals surface area contributed by atoms with E-state index in [4.69, 9.17) is 5.11 Å². The highest BCUT2D eigenvalue weighted by molar-refractivity contribution is 5.86. The Labute approximate surface area is 120 Å². The van der Waals surface area contributed by atoms with Gasteiger partial charge in [-0.25, -0.2) is 13.2 Å². The summed E-state index contributed by atoms with van der Waals surface area (Å²) in [5, 5.41) is 8.86. The van der Waals surface area contributed by atoms with Gasteiger partial charge in [0.2, 0.25) is 0 Å². The molecule has 0 fully saturated rings. The third-order valence-corrected chi connectivity index (χ3v) is 3.40. The number of fused-ring (bicyclic) bond motifs is 1. The van der Waals surface area contributed by atoms with E-state index in [1.807, 2.05) is 0 Å². The molecule has 2 aromatic rings. The van der Waals surface area contributed by atoms with Gasteiger partial charge in [0, 0.05) is 23.8 Å². The minimum atomic E-state index is -3.11. The van der Waals surface area contributed by atoms with Crippen molar-refractivity contribution in [1.82, 2.24) is 0 Å². The van der Waals surface area contributed by atoms with Gasteiger partial charge in [0.1, 0.15) is 5.82 Å². The highest BCUT2D eigenvalue weighted by Gasteiger charge is 2.32. The molecule has 0 saturated carbocycles. The predicted octanol–water partition coefficient (Wildman–Crippen LogP) is 4.72. The van der Waals surface area contributed by atoms with Crippen molar-refractivity contribution in [3.8, 4) is 0 Å². The summed E-state index contributed by atoms with van der Waals surface area (Å²) in [4.78, 5) is 10.4. The number of carbonyl (C=O) groups is 1. The monoisotopic (exact) mass is 296 g/mol. The third-order valence-electron chi connectivity index (χ3n) is 3.40. The zero-order valence-electron chi connectivity index (χ0n) is 11.3. The summed E-state index contributed by atoms with van der Waals surface area (Å²) in [6.07, 6.45) is -0.273. The molecule has 0 amide bonds. The number of alkyl halides is 2. The predicted molar refractivity (Wildman–Crippen MR) is 73.9 cm³/mol. The van der Waals surface area contributed by atoms with Gasteiger partial charge in [-0.1, -0.05) is 24.3 Å². The summed E-state index contributed by atoms with van der Waals surface area (Å²) in [6, 6.07) is 8.28. The van der Waals surface area contributed by atoms with Crippen molar-refractivity contribution in [2.45, 2.75) is 31.6 Å². The summed E-state index contributed by atoms with van der Waals surface area (Å²) in [6.45, 7) is 0. The first-order valence-corrected chi connectivity index (χ1v) is 6.69. The van der Waals surface area contributed by atoms with Crippen LogP contribution in [-0.4, -0.2) is 11.1 Å². The minimum Gasteiger partial charge on any atom is -0.481 e. The molecule has 0 unspecified atom stereocenters. The molecule has 0 aliphatic rings. The highest BCUT2D eigenvalue weighted by atomic mass is 19.3. The van der Waals surface area contributed by atoms with E-state index in [2.05, 4.69) is 0 Å². The lowest BCUT2D eigenvalue weighted by Crippen LogP contribution is -2.14. The fraction of sp³-hybridized carbons (Fsp3) is 0.312. The van der Waals surface area contributed by atoms with Gasteiger partial charge >= 0.3 is 5.97 Å². The molecule has 2 nitrogen and oxygen atoms in total. The van der Waals surface area contributed by atoms with Crippen LogP contribution >= 0.6 is 0 Å². The second-order valence-electron chi connectivity index (χ2n) is 4.95. The summed E-state index contributed by atoms with van der Waals surface area (Å²) in [5.41, 5.74) is -0.213. The Bertz CT molecular complexity index is 653. The molecule has 0 saturated heterocycles. The fourth-order valence-corrected chi connectivity index (χ4v) is 2.34. The Morgan fingerprint density at radius 3 is 2.38 bits per heavy atom. The van der Waals surface area contributed by atoms with Crippen LogP contribution in [0.1, 0.15) is 31.2 Å². The van der Waals surface area contributed by atoms with Crippen molar-refractivity contribution < 1.29 is 23.1 Å². The topological polar surface area (TPSA) is 37.3 Å². The summed E-state index contributed by atoms with van der Waals surface area (Å²) in [5.74, 6) is -4.63. The number of rotatable bonds is 6. The molecule has 0 bridgehead atoms. The maximum atomic E-state index is 14.3. The second-order valence-corrected chi connectivity index (χ2v) is 4.95. The number of hydrogen-bond acceptors (Lipinski definition) is 1. The van der Waals surface area contributed by atoms with Crippen LogP contribution < -0.4 is 0 Å². The Balaban J connectivity index is 2.23. The smallest absolute Gasteiger partial charge is 0.303 e. The van der Waals surface area contributed by atoms with Gasteiger partial charge < -0.3 is 5.11 Å². The van der Waals surface area contributed by atoms with Gasteiger partial charge in [0.05, 0.1) is 0 Å². The fourth-order valence-electron chi connectivity index (χ4n) is 2.34. The molecule has 0 aliphatic carbocycles. The van der Waals surface area contributed by atoms with Gasteiger partial charge in [0.25, 0.3) is 5.92 Å². The largest absolute Gasteiger partial charge is 0.481 e. The van der Waals surface area contributed by atoms with E-state index in [1.165, 1.54) is 12.1 Å². The minimum absolute atomic E-state index is 0.102. The van der Waals surface area contributed by atoms with E-state index in [9.17, 15) is 18.0 Å². The SMILES string of the molecule is O=C(O)CCCCC(F)(F)c1ccc(F)c2ccccc12. The summed E-state index contributed by atoms with van der Waals surface area (Å²) in [7, 11) is 0. The number of benzene rings is 2. The van der Waals surface area contributed by atoms with E-state index in [0.717, 1.165) is 12.1 Å². The lowest BCUT2D eigenvalue weighted by molar-refractivity contribution is -0.137. The average molecular weight is 296 g/mol. The van der Waals surface area contributed by atoms with E-state index in [-0.39, 0.29) is 35.6 Å². The van der Waals surface area contributed by atoms with Crippen LogP contribution in [-0.2, 0) is 10.7 Å². The molecule has 0 aliphatic heterocycles. The van der Waals surface area contributed by atoms with E-state index >= 15 is 0 Å². The lowest BCUT2D eigenvalue weighted by atomic mass is 9.96. The first-order valence-electron chi connectivity index (χ1n) is 6.69. The van der Waals surface area contributed by atoms with Crippen LogP contribution in [0.5, 0.6) is 0 Å². The molecule has 2 aromatic carbocycles. The quantitative estimate of drug-likeness (QED) is 0.783. The number of hydrogen-bond donors (Lipinski definition) is 1. The lowest BCUT2D eigenvalue weighted by Gasteiger charge is -2.19. The summed E-state index contributed by atoms with van der Waals surface area (Å²) >= 11 is 0. The van der Waals surface area contributed by atoms with Gasteiger partial charge in [-0.2, -0.15) is 0 Å². The van der Waals surface area contributed by atoms with Crippen LogP contribution in [0.15, 0.2) is 36.4 Å².